The number of hydrogen-bond acceptors (Lipinski definition) is 14. The third-order valence-corrected chi connectivity index (χ3v) is 14.9. The maximum atomic E-state index is 13.7. The predicted molar refractivity (Wildman–Crippen MR) is 278 cm³/mol. The molecule has 4 heterocycles. The number of carbonyl (C=O) groups excluding carboxylic acids is 9. The minimum Gasteiger partial charge on any atom is -0.391 e. The van der Waals surface area contributed by atoms with Crippen molar-refractivity contribution < 1.29 is 63.6 Å². The molecule has 0 spiro atoms. The molecule has 23 heteroatoms. The number of hydrogen-bond donors (Lipinski definition) is 10. The second kappa shape index (κ2) is 32.6. The molecule has 4 rings (SSSR count). The highest BCUT2D eigenvalue weighted by molar-refractivity contribution is 5.97. The second-order valence-electron chi connectivity index (χ2n) is 21.1. The fourth-order valence-electron chi connectivity index (χ4n) is 10.4. The lowest BCUT2D eigenvalue weighted by molar-refractivity contribution is -0.149. The van der Waals surface area contributed by atoms with Gasteiger partial charge in [0.25, 0.3) is 0 Å². The molecule has 0 unspecified atom stereocenters. The Bertz CT molecular complexity index is 1890. The van der Waals surface area contributed by atoms with E-state index in [0.29, 0.717) is 84.0 Å². The van der Waals surface area contributed by atoms with Crippen molar-refractivity contribution in [3.8, 4) is 0 Å². The Kier molecular flexibility index (Phi) is 27.9. The number of aliphatic hydroxyl groups excluding tert-OH is 4. The van der Waals surface area contributed by atoms with Crippen molar-refractivity contribution in [3.63, 3.8) is 0 Å². The summed E-state index contributed by atoms with van der Waals surface area (Å²) in [5, 5.41) is 47.1. The SMILES string of the molecule is CCCCCCCCCCCCCCCC(=O)N[C@H](C(=O)N1CCC[C@H]1C(=O)N1CCC[C@H]1C(=O)N[C@H](C(N)=O)[C@@H](C)O)[C@@H](C)O.C[C@@H](O)[C@H](N)C(=O)N1CCC[C@H]1C(=O)N1CCC[C@H]1C(=O)N[C@H](C(N)=O)[C@@H](C)O. The average Bonchev–Trinajstić information content (AvgIpc) is 4.22. The number of aliphatic hydroxyl groups is 4. The number of nitrogens with two attached hydrogens (primary N) is 3. The first kappa shape index (κ1) is 64.3. The number of amides is 9. The van der Waals surface area contributed by atoms with E-state index in [1.54, 1.807) is 0 Å². The Labute approximate surface area is 443 Å². The Balaban J connectivity index is 0.000000438. The first-order chi connectivity index (χ1) is 35.5. The third-order valence-electron chi connectivity index (χ3n) is 14.9. The molecule has 0 aromatic carbocycles. The first-order valence-corrected chi connectivity index (χ1v) is 27.7. The molecular weight excluding hydrogens is 973 g/mol. The largest absolute Gasteiger partial charge is 0.391 e. The highest BCUT2D eigenvalue weighted by atomic mass is 16.3. The lowest BCUT2D eigenvalue weighted by Gasteiger charge is -2.34. The normalized spacial score (nSPS) is 22.7. The Morgan fingerprint density at radius 3 is 1.13 bits per heavy atom. The summed E-state index contributed by atoms with van der Waals surface area (Å²) in [4.78, 5) is 120. The van der Waals surface area contributed by atoms with Crippen LogP contribution in [0.15, 0.2) is 0 Å². The van der Waals surface area contributed by atoms with Crippen molar-refractivity contribution in [1.29, 1.82) is 0 Å². The Morgan fingerprint density at radius 1 is 0.453 bits per heavy atom. The molecule has 0 saturated carbocycles. The van der Waals surface area contributed by atoms with E-state index in [-0.39, 0.29) is 24.1 Å². The fourth-order valence-corrected chi connectivity index (χ4v) is 10.4. The molecule has 75 heavy (non-hydrogen) atoms. The smallest absolute Gasteiger partial charge is 0.248 e. The highest BCUT2D eigenvalue weighted by Crippen LogP contribution is 2.28. The van der Waals surface area contributed by atoms with Crippen LogP contribution >= 0.6 is 0 Å². The van der Waals surface area contributed by atoms with Crippen LogP contribution in [0.25, 0.3) is 0 Å². The molecule has 428 valence electrons. The van der Waals surface area contributed by atoms with E-state index in [1.165, 1.54) is 105 Å². The van der Waals surface area contributed by atoms with Gasteiger partial charge in [0.15, 0.2) is 0 Å². The molecule has 0 aromatic rings. The Morgan fingerprint density at radius 2 is 0.787 bits per heavy atom. The molecule has 0 bridgehead atoms. The van der Waals surface area contributed by atoms with Gasteiger partial charge in [-0.3, -0.25) is 43.2 Å². The highest BCUT2D eigenvalue weighted by Gasteiger charge is 2.46. The van der Waals surface area contributed by atoms with Gasteiger partial charge < -0.3 is 73.2 Å². The maximum absolute atomic E-state index is 13.7. The fraction of sp³-hybridized carbons (Fsp3) is 0.827. The van der Waals surface area contributed by atoms with Gasteiger partial charge in [-0.1, -0.05) is 84.0 Å². The molecule has 4 saturated heterocycles. The van der Waals surface area contributed by atoms with E-state index >= 15 is 0 Å². The van der Waals surface area contributed by atoms with Gasteiger partial charge in [-0.25, -0.2) is 0 Å². The van der Waals surface area contributed by atoms with E-state index in [2.05, 4.69) is 22.9 Å². The molecule has 4 aliphatic heterocycles. The quantitative estimate of drug-likeness (QED) is 0.0430. The molecule has 0 aromatic heterocycles. The number of nitrogens with zero attached hydrogens (tertiary/aromatic N) is 4. The molecule has 9 amide bonds. The molecule has 0 aliphatic carbocycles. The molecule has 4 fully saturated rings. The zero-order valence-corrected chi connectivity index (χ0v) is 45.3. The minimum atomic E-state index is -1.29. The number of rotatable bonds is 29. The summed E-state index contributed by atoms with van der Waals surface area (Å²) in [5.41, 5.74) is 16.3. The van der Waals surface area contributed by atoms with Crippen LogP contribution < -0.4 is 33.2 Å². The summed E-state index contributed by atoms with van der Waals surface area (Å²) in [6.07, 6.45) is 15.2. The van der Waals surface area contributed by atoms with Crippen molar-refractivity contribution in [1.82, 2.24) is 35.6 Å². The predicted octanol–water partition coefficient (Wildman–Crippen LogP) is -0.306. The topological polar surface area (TPSA) is 362 Å². The maximum Gasteiger partial charge on any atom is 0.248 e. The van der Waals surface area contributed by atoms with Crippen LogP contribution in [-0.4, -0.2) is 192 Å². The Hall–Kier alpha value is -4.97. The van der Waals surface area contributed by atoms with Crippen LogP contribution in [0, 0.1) is 0 Å². The summed E-state index contributed by atoms with van der Waals surface area (Å²) in [5.74, 6) is -4.99. The zero-order chi connectivity index (χ0) is 55.9. The lowest BCUT2D eigenvalue weighted by Crippen LogP contribution is -2.59. The first-order valence-electron chi connectivity index (χ1n) is 27.7. The van der Waals surface area contributed by atoms with Crippen LogP contribution in [0.2, 0.25) is 0 Å². The van der Waals surface area contributed by atoms with Crippen LogP contribution in [-0.2, 0) is 43.2 Å². The van der Waals surface area contributed by atoms with Crippen LogP contribution in [0.1, 0.15) is 176 Å². The molecular formula is C52H92N10O13. The standard InChI is InChI=1S/C34H61N5O7.C18H31N5O6/c1-4-5-6-7-8-9-10-11-12-13-14-15-16-21-28(42)36-30(25(3)41)34(46)39-23-18-20-27(39)33(45)38-22-17-19-26(38)32(44)37-29(24(2)40)31(35)43;1-9(24)13(19)18(29)23-8-4-6-12(23)17(28)22-7-3-5-11(22)16(27)21-14(10(2)25)15(20)26/h24-27,29-30,40-41H,4-23H2,1-3H3,(H2,35,43)(H,36,42)(H,37,44);9-14,24-25H,3-8,19H2,1-2H3,(H2,20,26)(H,21,27)/t24-,25-,26+,27+,29+,30+;9-,10-,11+,12+,13+,14+/m11/s1. The third kappa shape index (κ3) is 19.5. The van der Waals surface area contributed by atoms with E-state index in [0.717, 1.165) is 19.3 Å². The number of likely N-dealkylation sites (tertiary alicyclic amines) is 4. The summed E-state index contributed by atoms with van der Waals surface area (Å²) in [6, 6.07) is -8.10. The molecule has 0 radical (unpaired) electrons. The monoisotopic (exact) mass is 1060 g/mol. The number of unbranched alkanes of at least 4 members (excludes halogenated alkanes) is 12. The van der Waals surface area contributed by atoms with Crippen LogP contribution in [0.3, 0.4) is 0 Å². The summed E-state index contributed by atoms with van der Waals surface area (Å²) in [7, 11) is 0. The van der Waals surface area contributed by atoms with Gasteiger partial charge in [0.2, 0.25) is 53.2 Å². The summed E-state index contributed by atoms with van der Waals surface area (Å²) in [6.45, 7) is 9.06. The van der Waals surface area contributed by atoms with Gasteiger partial charge in [0.05, 0.1) is 24.4 Å². The number of carbonyl (C=O) groups is 9. The van der Waals surface area contributed by atoms with Gasteiger partial charge in [0.1, 0.15) is 48.3 Å². The number of primary amides is 2. The van der Waals surface area contributed by atoms with Gasteiger partial charge in [-0.15, -0.1) is 0 Å². The van der Waals surface area contributed by atoms with Crippen LogP contribution in [0.4, 0.5) is 0 Å². The van der Waals surface area contributed by atoms with E-state index in [1.807, 2.05) is 0 Å². The summed E-state index contributed by atoms with van der Waals surface area (Å²) < 4.78 is 0. The molecule has 23 nitrogen and oxygen atoms in total. The van der Waals surface area contributed by atoms with Crippen molar-refractivity contribution in [2.45, 2.75) is 249 Å². The van der Waals surface area contributed by atoms with E-state index in [9.17, 15) is 63.6 Å². The van der Waals surface area contributed by atoms with Crippen molar-refractivity contribution in [3.05, 3.63) is 0 Å². The van der Waals surface area contributed by atoms with Crippen molar-refractivity contribution in [2.24, 2.45) is 17.2 Å². The van der Waals surface area contributed by atoms with Gasteiger partial charge in [-0.2, -0.15) is 0 Å². The number of nitrogens with one attached hydrogen (secondary N) is 3. The zero-order valence-electron chi connectivity index (χ0n) is 45.3. The summed E-state index contributed by atoms with van der Waals surface area (Å²) >= 11 is 0. The molecule has 12 atom stereocenters. The lowest BCUT2D eigenvalue weighted by atomic mass is 10.0. The molecule has 13 N–H and O–H groups in total. The molecule has 4 aliphatic rings. The second-order valence-corrected chi connectivity index (χ2v) is 21.1. The average molecular weight is 1070 g/mol. The van der Waals surface area contributed by atoms with E-state index in [4.69, 9.17) is 17.2 Å². The van der Waals surface area contributed by atoms with Gasteiger partial charge in [-0.05, 0) is 85.5 Å². The minimum absolute atomic E-state index is 0.264. The van der Waals surface area contributed by atoms with Crippen LogP contribution in [0.5, 0.6) is 0 Å². The van der Waals surface area contributed by atoms with Gasteiger partial charge in [0, 0.05) is 32.6 Å². The van der Waals surface area contributed by atoms with E-state index < -0.39 is 108 Å². The van der Waals surface area contributed by atoms with Crippen molar-refractivity contribution >= 4 is 53.2 Å². The van der Waals surface area contributed by atoms with Crippen molar-refractivity contribution in [2.75, 3.05) is 26.2 Å². The van der Waals surface area contributed by atoms with Gasteiger partial charge >= 0.3 is 0 Å².